The van der Waals surface area contributed by atoms with Crippen molar-refractivity contribution < 1.29 is 35.8 Å². The van der Waals surface area contributed by atoms with Crippen LogP contribution in [-0.4, -0.2) is 94.9 Å². The molecule has 0 fully saturated rings. The lowest BCUT2D eigenvalue weighted by Crippen LogP contribution is -2.13. The van der Waals surface area contributed by atoms with Crippen molar-refractivity contribution in [1.82, 2.24) is 29.9 Å². The third-order valence-electron chi connectivity index (χ3n) is 8.50. The minimum atomic E-state index is -4.51. The molecule has 0 aliphatic carbocycles. The summed E-state index contributed by atoms with van der Waals surface area (Å²) in [6, 6.07) is 28.2. The molecule has 2 aromatic heterocycles. The second kappa shape index (κ2) is 20.0. The number of aliphatic hydroxyl groups is 2. The topological polar surface area (TPSA) is 264 Å². The normalized spacial score (nSPS) is 11.7. The molecule has 0 aliphatic heterocycles. The second-order valence-electron chi connectivity index (χ2n) is 13.0. The van der Waals surface area contributed by atoms with Crippen molar-refractivity contribution in [3.05, 3.63) is 137 Å². The van der Waals surface area contributed by atoms with E-state index < -0.39 is 26.0 Å². The molecule has 0 saturated carbocycles. The Morgan fingerprint density at radius 2 is 1.13 bits per heavy atom. The number of aliphatic hydroxyl groups excluding tert-OH is 2. The highest BCUT2D eigenvalue weighted by atomic mass is 32.2. The van der Waals surface area contributed by atoms with E-state index in [4.69, 9.17) is 4.18 Å². The van der Waals surface area contributed by atoms with Gasteiger partial charge in [-0.2, -0.15) is 46.7 Å². The quantitative estimate of drug-likeness (QED) is 0.0318. The molecule has 6 rings (SSSR count). The van der Waals surface area contributed by atoms with Gasteiger partial charge in [-0.3, -0.25) is 8.74 Å². The first kappa shape index (κ1) is 43.2. The second-order valence-corrected chi connectivity index (χ2v) is 16.2. The summed E-state index contributed by atoms with van der Waals surface area (Å²) in [5.74, 6) is 0.808. The van der Waals surface area contributed by atoms with Crippen LogP contribution in [-0.2, 0) is 43.0 Å². The van der Waals surface area contributed by atoms with Gasteiger partial charge in [-0.05, 0) is 52.1 Å². The molecule has 0 radical (unpaired) electrons. The van der Waals surface area contributed by atoms with E-state index in [-0.39, 0.29) is 72.5 Å². The number of anilines is 6. The lowest BCUT2D eigenvalue weighted by atomic mass is 10.0. The standard InChI is InChI=1S/C40H42N10O8S2/c1-58-60(56,57)34-25-33(44-40-47-35(23-27-8-4-2-5-9-27)45-37(50-40)41-18-20-51)17-16-30(34)15-14-29-13-12-28(22-31(29)26-59(53,54)55)24-36-46-38(42-19-21-52)49-39(48-36)43-32-10-6-3-7-11-32/h2-17,22,25,51-52H,18-21,23-24,26H2,1H3,(H,53,54,55)(H2,41,44,45,47,50)(H2,42,43,46,48,49)/b15-14+. The maximum Gasteiger partial charge on any atom is 0.297 e. The Bertz CT molecular complexity index is 2660. The van der Waals surface area contributed by atoms with Gasteiger partial charge in [0.05, 0.1) is 20.3 Å². The van der Waals surface area contributed by atoms with Crippen LogP contribution in [0.15, 0.2) is 102 Å². The molecule has 0 spiro atoms. The van der Waals surface area contributed by atoms with E-state index in [1.54, 1.807) is 24.3 Å². The van der Waals surface area contributed by atoms with Crippen molar-refractivity contribution in [2.45, 2.75) is 23.5 Å². The first-order chi connectivity index (χ1) is 28.9. The monoisotopic (exact) mass is 854 g/mol. The van der Waals surface area contributed by atoms with Crippen molar-refractivity contribution in [3.8, 4) is 0 Å². The van der Waals surface area contributed by atoms with E-state index in [1.165, 1.54) is 24.3 Å². The van der Waals surface area contributed by atoms with Crippen LogP contribution >= 0.6 is 0 Å². The fourth-order valence-electron chi connectivity index (χ4n) is 5.83. The van der Waals surface area contributed by atoms with Crippen LogP contribution in [0.4, 0.5) is 35.2 Å². The highest BCUT2D eigenvalue weighted by Gasteiger charge is 2.20. The number of benzene rings is 4. The molecule has 18 nitrogen and oxygen atoms in total. The van der Waals surface area contributed by atoms with Crippen LogP contribution in [0, 0.1) is 0 Å². The Hall–Kier alpha value is -6.42. The number of nitrogens with zero attached hydrogens (tertiary/aromatic N) is 6. The van der Waals surface area contributed by atoms with E-state index in [2.05, 4.69) is 51.2 Å². The molecule has 7 N–H and O–H groups in total. The molecule has 0 unspecified atom stereocenters. The third kappa shape index (κ3) is 12.5. The molecule has 6 aromatic rings. The summed E-state index contributed by atoms with van der Waals surface area (Å²) < 4.78 is 65.6. The summed E-state index contributed by atoms with van der Waals surface area (Å²) in [4.78, 5) is 26.5. The molecule has 0 atom stereocenters. The van der Waals surface area contributed by atoms with Gasteiger partial charge >= 0.3 is 0 Å². The fourth-order valence-corrected chi connectivity index (χ4v) is 7.35. The number of rotatable bonds is 20. The van der Waals surface area contributed by atoms with Gasteiger partial charge in [0.25, 0.3) is 20.2 Å². The fraction of sp³-hybridized carbons (Fsp3) is 0.200. The van der Waals surface area contributed by atoms with E-state index in [0.717, 1.165) is 18.4 Å². The van der Waals surface area contributed by atoms with Crippen molar-refractivity contribution in [2.24, 2.45) is 0 Å². The molecule has 2 heterocycles. The Labute approximate surface area is 346 Å². The number of aromatic nitrogens is 6. The maximum absolute atomic E-state index is 13.2. The van der Waals surface area contributed by atoms with Gasteiger partial charge in [0.1, 0.15) is 22.3 Å². The summed E-state index contributed by atoms with van der Waals surface area (Å²) in [5, 5.41) is 30.7. The lowest BCUT2D eigenvalue weighted by molar-refractivity contribution is 0.310. The molecular weight excluding hydrogens is 813 g/mol. The highest BCUT2D eigenvalue weighted by molar-refractivity contribution is 7.86. The Morgan fingerprint density at radius 3 is 1.72 bits per heavy atom. The van der Waals surface area contributed by atoms with Crippen molar-refractivity contribution in [3.63, 3.8) is 0 Å². The number of para-hydroxylation sites is 1. The zero-order valence-corrected chi connectivity index (χ0v) is 33.9. The van der Waals surface area contributed by atoms with Gasteiger partial charge in [-0.25, -0.2) is 0 Å². The average Bonchev–Trinajstić information content (AvgIpc) is 3.22. The van der Waals surface area contributed by atoms with E-state index in [0.29, 0.717) is 34.9 Å². The molecular formula is C40H42N10O8S2. The number of hydrogen-bond donors (Lipinski definition) is 7. The van der Waals surface area contributed by atoms with Crippen LogP contribution in [0.2, 0.25) is 0 Å². The predicted molar refractivity (Wildman–Crippen MR) is 227 cm³/mol. The Morgan fingerprint density at radius 1 is 0.600 bits per heavy atom. The highest BCUT2D eigenvalue weighted by Crippen LogP contribution is 2.28. The Balaban J connectivity index is 1.29. The first-order valence-electron chi connectivity index (χ1n) is 18.4. The van der Waals surface area contributed by atoms with Crippen molar-refractivity contribution in [2.75, 3.05) is 54.7 Å². The van der Waals surface area contributed by atoms with Crippen molar-refractivity contribution in [1.29, 1.82) is 0 Å². The van der Waals surface area contributed by atoms with Gasteiger partial charge < -0.3 is 31.5 Å². The minimum absolute atomic E-state index is 0.119. The van der Waals surface area contributed by atoms with Crippen LogP contribution in [0.5, 0.6) is 0 Å². The zero-order valence-electron chi connectivity index (χ0n) is 32.2. The van der Waals surface area contributed by atoms with Crippen LogP contribution in [0.1, 0.15) is 39.5 Å². The van der Waals surface area contributed by atoms with Crippen LogP contribution in [0.25, 0.3) is 12.2 Å². The van der Waals surface area contributed by atoms with E-state index >= 15 is 0 Å². The first-order valence-corrected chi connectivity index (χ1v) is 21.4. The lowest BCUT2D eigenvalue weighted by Gasteiger charge is -2.13. The molecule has 0 saturated heterocycles. The van der Waals surface area contributed by atoms with Gasteiger partial charge in [-0.15, -0.1) is 0 Å². The average molecular weight is 855 g/mol. The summed E-state index contributed by atoms with van der Waals surface area (Å²) in [6.07, 6.45) is 3.54. The van der Waals surface area contributed by atoms with Gasteiger partial charge in [0.15, 0.2) is 0 Å². The van der Waals surface area contributed by atoms with E-state index in [9.17, 15) is 31.6 Å². The van der Waals surface area contributed by atoms with Gasteiger partial charge in [0.2, 0.25) is 23.8 Å². The summed E-state index contributed by atoms with van der Waals surface area (Å²) in [7, 11) is -7.77. The zero-order chi connectivity index (χ0) is 42.5. The van der Waals surface area contributed by atoms with Gasteiger partial charge in [-0.1, -0.05) is 84.9 Å². The largest absolute Gasteiger partial charge is 0.395 e. The van der Waals surface area contributed by atoms with E-state index in [1.807, 2.05) is 60.7 Å². The third-order valence-corrected chi connectivity index (χ3v) is 10.5. The molecule has 312 valence electrons. The summed E-state index contributed by atoms with van der Waals surface area (Å²) >= 11 is 0. The molecule has 0 amide bonds. The molecule has 60 heavy (non-hydrogen) atoms. The summed E-state index contributed by atoms with van der Waals surface area (Å²) in [5.41, 5.74) is 3.42. The predicted octanol–water partition coefficient (Wildman–Crippen LogP) is 4.43. The van der Waals surface area contributed by atoms with Crippen molar-refractivity contribution >= 4 is 67.6 Å². The molecule has 0 aliphatic rings. The molecule has 0 bridgehead atoms. The maximum atomic E-state index is 13.2. The van der Waals surface area contributed by atoms with Crippen LogP contribution < -0.4 is 21.3 Å². The minimum Gasteiger partial charge on any atom is -0.395 e. The summed E-state index contributed by atoms with van der Waals surface area (Å²) in [6.45, 7) is 0.0775. The smallest absolute Gasteiger partial charge is 0.297 e. The SMILES string of the molecule is COS(=O)(=O)c1cc(Nc2nc(Cc3ccccc3)nc(NCCO)n2)ccc1/C=C/c1ccc(Cc2nc(NCCO)nc(Nc3ccccc3)n2)cc1CS(=O)(=O)O. The number of nitrogens with one attached hydrogen (secondary N) is 4. The Kier molecular flexibility index (Phi) is 14.4. The molecule has 4 aromatic carbocycles. The van der Waals surface area contributed by atoms with Crippen LogP contribution in [0.3, 0.4) is 0 Å². The van der Waals surface area contributed by atoms with Gasteiger partial charge in [0, 0.05) is 37.3 Å². The molecule has 20 heteroatoms. The number of hydrogen-bond acceptors (Lipinski definition) is 17.